The van der Waals surface area contributed by atoms with Crippen molar-refractivity contribution in [3.63, 3.8) is 0 Å². The van der Waals surface area contributed by atoms with Crippen LogP contribution >= 0.6 is 0 Å². The summed E-state index contributed by atoms with van der Waals surface area (Å²) in [6.07, 6.45) is 1.39. The molecule has 38 heavy (non-hydrogen) atoms. The SMILES string of the molecule is Cc1cc(C)c(C)c(COc2cccc(-c3ccoc3C(=O)NNC(=O)c3ccc(O)c(C#N)c3)c2)c1C. The van der Waals surface area contributed by atoms with Gasteiger partial charge in [-0.15, -0.1) is 0 Å². The van der Waals surface area contributed by atoms with Crippen molar-refractivity contribution in [2.75, 3.05) is 0 Å². The first-order chi connectivity index (χ1) is 18.2. The zero-order chi connectivity index (χ0) is 27.4. The number of nitriles is 1. The summed E-state index contributed by atoms with van der Waals surface area (Å²) in [5.41, 5.74) is 11.9. The quantitative estimate of drug-likeness (QED) is 0.299. The number of rotatable bonds is 6. The van der Waals surface area contributed by atoms with Crippen molar-refractivity contribution in [2.24, 2.45) is 0 Å². The lowest BCUT2D eigenvalue weighted by Crippen LogP contribution is -2.41. The highest BCUT2D eigenvalue weighted by atomic mass is 16.5. The maximum atomic E-state index is 12.8. The molecule has 0 radical (unpaired) electrons. The molecule has 0 bridgehead atoms. The van der Waals surface area contributed by atoms with Crippen molar-refractivity contribution < 1.29 is 23.8 Å². The average molecular weight is 510 g/mol. The molecule has 192 valence electrons. The lowest BCUT2D eigenvalue weighted by molar-refractivity contribution is 0.0831. The van der Waals surface area contributed by atoms with Crippen molar-refractivity contribution in [1.29, 1.82) is 5.26 Å². The molecule has 0 fully saturated rings. The van der Waals surface area contributed by atoms with Gasteiger partial charge in [-0.25, -0.2) is 0 Å². The molecule has 4 aromatic rings. The Balaban J connectivity index is 1.47. The van der Waals surface area contributed by atoms with Crippen LogP contribution in [0.1, 0.15) is 54.3 Å². The number of aromatic hydroxyl groups is 1. The van der Waals surface area contributed by atoms with Crippen LogP contribution in [0.5, 0.6) is 11.5 Å². The number of hydrogen-bond donors (Lipinski definition) is 3. The van der Waals surface area contributed by atoms with Gasteiger partial charge in [0.25, 0.3) is 5.91 Å². The molecule has 4 rings (SSSR count). The molecule has 2 amide bonds. The number of carbonyl (C=O) groups is 2. The van der Waals surface area contributed by atoms with E-state index < -0.39 is 11.8 Å². The van der Waals surface area contributed by atoms with Crippen LogP contribution in [0.3, 0.4) is 0 Å². The van der Waals surface area contributed by atoms with Gasteiger partial charge in [-0.2, -0.15) is 5.26 Å². The number of nitrogens with zero attached hydrogens (tertiary/aromatic N) is 1. The van der Waals surface area contributed by atoms with E-state index in [9.17, 15) is 14.7 Å². The topological polar surface area (TPSA) is 125 Å². The van der Waals surface area contributed by atoms with Crippen LogP contribution in [-0.4, -0.2) is 16.9 Å². The van der Waals surface area contributed by atoms with Crippen LogP contribution in [0.25, 0.3) is 11.1 Å². The molecule has 0 saturated heterocycles. The highest BCUT2D eigenvalue weighted by Gasteiger charge is 2.19. The van der Waals surface area contributed by atoms with Gasteiger partial charge < -0.3 is 14.3 Å². The molecular formula is C30H27N3O5. The van der Waals surface area contributed by atoms with Gasteiger partial charge in [0.2, 0.25) is 5.76 Å². The monoisotopic (exact) mass is 509 g/mol. The predicted molar refractivity (Wildman–Crippen MR) is 142 cm³/mol. The second kappa shape index (κ2) is 10.9. The third-order valence-corrected chi connectivity index (χ3v) is 6.59. The molecule has 1 aromatic heterocycles. The average Bonchev–Trinajstić information content (AvgIpc) is 3.41. The minimum absolute atomic E-state index is 0.00636. The molecule has 3 aromatic carbocycles. The van der Waals surface area contributed by atoms with Gasteiger partial charge in [0, 0.05) is 11.1 Å². The summed E-state index contributed by atoms with van der Waals surface area (Å²) >= 11 is 0. The Labute approximate surface area is 220 Å². The molecule has 0 spiro atoms. The number of hydrazine groups is 1. The summed E-state index contributed by atoms with van der Waals surface area (Å²) in [6, 6.07) is 16.8. The Bertz CT molecular complexity index is 1550. The van der Waals surface area contributed by atoms with Crippen molar-refractivity contribution >= 4 is 11.8 Å². The number of nitrogens with one attached hydrogen (secondary N) is 2. The van der Waals surface area contributed by atoms with Crippen LogP contribution in [0, 0.1) is 39.0 Å². The molecule has 0 aliphatic rings. The number of aryl methyl sites for hydroxylation is 2. The fourth-order valence-electron chi connectivity index (χ4n) is 4.15. The van der Waals surface area contributed by atoms with E-state index in [-0.39, 0.29) is 22.6 Å². The zero-order valence-corrected chi connectivity index (χ0v) is 21.5. The fourth-order valence-corrected chi connectivity index (χ4v) is 4.15. The van der Waals surface area contributed by atoms with Crippen molar-refractivity contribution in [3.05, 3.63) is 106 Å². The first kappa shape index (κ1) is 26.0. The van der Waals surface area contributed by atoms with Crippen molar-refractivity contribution in [1.82, 2.24) is 10.9 Å². The van der Waals surface area contributed by atoms with Crippen molar-refractivity contribution in [2.45, 2.75) is 34.3 Å². The van der Waals surface area contributed by atoms with E-state index in [0.717, 1.165) is 5.56 Å². The second-order valence-electron chi connectivity index (χ2n) is 8.97. The number of amides is 2. The number of carbonyl (C=O) groups excluding carboxylic acids is 2. The molecule has 8 nitrogen and oxygen atoms in total. The standard InChI is InChI=1S/C30H27N3O5/c1-17-12-18(2)20(4)26(19(17)3)16-38-24-7-5-6-21(14-24)25-10-11-37-28(25)30(36)33-32-29(35)22-8-9-27(34)23(13-22)15-31/h5-14,34H,16H2,1-4H3,(H,32,35)(H,33,36). The van der Waals surface area contributed by atoms with Gasteiger partial charge in [-0.3, -0.25) is 20.4 Å². The van der Waals surface area contributed by atoms with E-state index in [1.807, 2.05) is 24.3 Å². The van der Waals surface area contributed by atoms with E-state index in [0.29, 0.717) is 23.5 Å². The highest BCUT2D eigenvalue weighted by molar-refractivity contribution is 6.01. The van der Waals surface area contributed by atoms with Crippen molar-refractivity contribution in [3.8, 4) is 28.7 Å². The van der Waals surface area contributed by atoms with E-state index in [2.05, 4.69) is 44.6 Å². The number of benzene rings is 3. The molecule has 0 aliphatic heterocycles. The van der Waals surface area contributed by atoms with Gasteiger partial charge in [0.1, 0.15) is 24.2 Å². The smallest absolute Gasteiger partial charge is 0.306 e. The van der Waals surface area contributed by atoms with Crippen LogP contribution < -0.4 is 15.6 Å². The van der Waals surface area contributed by atoms with E-state index in [4.69, 9.17) is 14.4 Å². The fraction of sp³-hybridized carbons (Fsp3) is 0.167. The van der Waals surface area contributed by atoms with Crippen LogP contribution in [0.15, 0.2) is 65.3 Å². The van der Waals surface area contributed by atoms with E-state index >= 15 is 0 Å². The first-order valence-electron chi connectivity index (χ1n) is 11.9. The maximum absolute atomic E-state index is 12.8. The second-order valence-corrected chi connectivity index (χ2v) is 8.97. The minimum atomic E-state index is -0.662. The number of ether oxygens (including phenoxy) is 1. The Hall–Kier alpha value is -5.03. The molecule has 1 heterocycles. The molecule has 3 N–H and O–H groups in total. The third-order valence-electron chi connectivity index (χ3n) is 6.59. The first-order valence-corrected chi connectivity index (χ1v) is 11.9. The van der Waals surface area contributed by atoms with Gasteiger partial charge in [0.05, 0.1) is 11.8 Å². The van der Waals surface area contributed by atoms with Gasteiger partial charge in [-0.1, -0.05) is 18.2 Å². The highest BCUT2D eigenvalue weighted by Crippen LogP contribution is 2.29. The lowest BCUT2D eigenvalue weighted by atomic mass is 9.95. The number of phenolic OH excluding ortho intramolecular Hbond substituents is 1. The Morgan fingerprint density at radius 2 is 1.66 bits per heavy atom. The van der Waals surface area contributed by atoms with Gasteiger partial charge >= 0.3 is 5.91 Å². The maximum Gasteiger partial charge on any atom is 0.306 e. The molecule has 0 atom stereocenters. The van der Waals surface area contributed by atoms with E-state index in [1.165, 1.54) is 46.7 Å². The summed E-state index contributed by atoms with van der Waals surface area (Å²) < 4.78 is 11.5. The minimum Gasteiger partial charge on any atom is -0.507 e. The largest absolute Gasteiger partial charge is 0.507 e. The Morgan fingerprint density at radius 1 is 0.947 bits per heavy atom. The zero-order valence-electron chi connectivity index (χ0n) is 21.5. The molecule has 0 unspecified atom stereocenters. The predicted octanol–water partition coefficient (Wildman–Crippen LogP) is 5.41. The molecular weight excluding hydrogens is 482 g/mol. The summed E-state index contributed by atoms with van der Waals surface area (Å²) in [5.74, 6) is -0.909. The summed E-state index contributed by atoms with van der Waals surface area (Å²) in [6.45, 7) is 8.79. The number of furan rings is 1. The summed E-state index contributed by atoms with van der Waals surface area (Å²) in [4.78, 5) is 25.2. The molecule has 0 aliphatic carbocycles. The van der Waals surface area contributed by atoms with Gasteiger partial charge in [0.15, 0.2) is 0 Å². The number of phenols is 1. The van der Waals surface area contributed by atoms with E-state index in [1.54, 1.807) is 12.1 Å². The molecule has 8 heteroatoms. The summed E-state index contributed by atoms with van der Waals surface area (Å²) in [7, 11) is 0. The van der Waals surface area contributed by atoms with Crippen LogP contribution in [0.4, 0.5) is 0 Å². The van der Waals surface area contributed by atoms with Gasteiger partial charge in [-0.05, 0) is 97.5 Å². The van der Waals surface area contributed by atoms with Crippen LogP contribution in [0.2, 0.25) is 0 Å². The third kappa shape index (κ3) is 5.37. The lowest BCUT2D eigenvalue weighted by Gasteiger charge is -2.16. The number of hydrogen-bond acceptors (Lipinski definition) is 6. The normalized spacial score (nSPS) is 10.5. The molecule has 0 saturated carbocycles. The van der Waals surface area contributed by atoms with Crippen LogP contribution in [-0.2, 0) is 6.61 Å². The Morgan fingerprint density at radius 3 is 2.37 bits per heavy atom. The Kier molecular flexibility index (Phi) is 7.49. The summed E-state index contributed by atoms with van der Waals surface area (Å²) in [5, 5.41) is 18.6.